The maximum absolute atomic E-state index is 12.5. The Labute approximate surface area is 115 Å². The van der Waals surface area contributed by atoms with Crippen molar-refractivity contribution in [3.8, 4) is 0 Å². The summed E-state index contributed by atoms with van der Waals surface area (Å²) < 4.78 is 26.6. The molecule has 1 aromatic rings. The Balaban J connectivity index is 2.18. The van der Waals surface area contributed by atoms with Crippen molar-refractivity contribution in [2.24, 2.45) is 0 Å². The van der Waals surface area contributed by atoms with Crippen LogP contribution in [0.4, 0.5) is 0 Å². The minimum atomic E-state index is -3.35. The van der Waals surface area contributed by atoms with Gasteiger partial charge in [0.2, 0.25) is 10.0 Å². The molecule has 1 saturated heterocycles. The van der Waals surface area contributed by atoms with E-state index >= 15 is 0 Å². The number of hydrogen-bond acceptors (Lipinski definition) is 3. The second-order valence-electron chi connectivity index (χ2n) is 4.94. The number of benzene rings is 1. The average molecular weight is 283 g/mol. The van der Waals surface area contributed by atoms with E-state index in [4.69, 9.17) is 5.11 Å². The van der Waals surface area contributed by atoms with Gasteiger partial charge in [-0.25, -0.2) is 8.42 Å². The Bertz CT molecular complexity index is 488. The molecule has 0 amide bonds. The van der Waals surface area contributed by atoms with Gasteiger partial charge < -0.3 is 5.11 Å². The molecule has 1 heterocycles. The molecular weight excluding hydrogens is 262 g/mol. The largest absolute Gasteiger partial charge is 0.396 e. The van der Waals surface area contributed by atoms with Crippen LogP contribution < -0.4 is 0 Å². The molecule has 0 bridgehead atoms. The molecular formula is C14H21NO3S. The Morgan fingerprint density at radius 3 is 2.11 bits per heavy atom. The third-order valence-electron chi connectivity index (χ3n) is 3.53. The fourth-order valence-electron chi connectivity index (χ4n) is 2.39. The van der Waals surface area contributed by atoms with Gasteiger partial charge in [0, 0.05) is 19.7 Å². The van der Waals surface area contributed by atoms with Gasteiger partial charge >= 0.3 is 0 Å². The molecule has 4 nitrogen and oxygen atoms in total. The van der Waals surface area contributed by atoms with E-state index in [9.17, 15) is 8.42 Å². The monoisotopic (exact) mass is 283 g/mol. The highest BCUT2D eigenvalue weighted by Gasteiger charge is 2.24. The lowest BCUT2D eigenvalue weighted by Gasteiger charge is -2.20. The third-order valence-corrected chi connectivity index (χ3v) is 5.44. The van der Waals surface area contributed by atoms with Crippen molar-refractivity contribution in [3.63, 3.8) is 0 Å². The van der Waals surface area contributed by atoms with E-state index < -0.39 is 10.0 Å². The van der Waals surface area contributed by atoms with E-state index in [0.29, 0.717) is 24.4 Å². The lowest BCUT2D eigenvalue weighted by Crippen LogP contribution is -2.31. The van der Waals surface area contributed by atoms with Crippen molar-refractivity contribution in [2.45, 2.75) is 37.0 Å². The average Bonchev–Trinajstić information content (AvgIpc) is 2.69. The highest BCUT2D eigenvalue weighted by Crippen LogP contribution is 2.20. The van der Waals surface area contributed by atoms with Crippen molar-refractivity contribution in [1.82, 2.24) is 4.31 Å². The van der Waals surface area contributed by atoms with Crippen LogP contribution in [-0.4, -0.2) is 37.5 Å². The highest BCUT2D eigenvalue weighted by atomic mass is 32.2. The molecule has 5 heteroatoms. The van der Waals surface area contributed by atoms with Crippen LogP contribution in [0.5, 0.6) is 0 Å². The molecule has 0 aliphatic carbocycles. The van der Waals surface area contributed by atoms with Crippen LogP contribution in [0.1, 0.15) is 31.2 Å². The molecule has 106 valence electrons. The number of aliphatic hydroxyl groups is 1. The Morgan fingerprint density at radius 1 is 1.00 bits per heavy atom. The zero-order valence-corrected chi connectivity index (χ0v) is 11.9. The summed E-state index contributed by atoms with van der Waals surface area (Å²) in [5.74, 6) is 0. The van der Waals surface area contributed by atoms with Gasteiger partial charge in [-0.05, 0) is 37.0 Å². The number of sulfonamides is 1. The van der Waals surface area contributed by atoms with Crippen molar-refractivity contribution < 1.29 is 13.5 Å². The van der Waals surface area contributed by atoms with Gasteiger partial charge in [0.1, 0.15) is 0 Å². The summed E-state index contributed by atoms with van der Waals surface area (Å²) >= 11 is 0. The number of hydrogen-bond donors (Lipinski definition) is 1. The van der Waals surface area contributed by atoms with Gasteiger partial charge in [0.25, 0.3) is 0 Å². The molecule has 0 saturated carbocycles. The quantitative estimate of drug-likeness (QED) is 0.916. The standard InChI is InChI=1S/C14H21NO3S/c16-12-9-13-5-7-14(8-6-13)19(17,18)15-10-3-1-2-4-11-15/h5-8,16H,1-4,9-12H2. The number of rotatable bonds is 4. The molecule has 1 fully saturated rings. The summed E-state index contributed by atoms with van der Waals surface area (Å²) in [4.78, 5) is 0.357. The van der Waals surface area contributed by atoms with Gasteiger partial charge in [0.05, 0.1) is 4.90 Å². The van der Waals surface area contributed by atoms with Crippen LogP contribution in [0.15, 0.2) is 29.2 Å². The summed E-state index contributed by atoms with van der Waals surface area (Å²) in [6.45, 7) is 1.33. The first-order valence-electron chi connectivity index (χ1n) is 6.84. The Morgan fingerprint density at radius 2 is 1.58 bits per heavy atom. The molecule has 19 heavy (non-hydrogen) atoms. The minimum Gasteiger partial charge on any atom is -0.396 e. The molecule has 0 atom stereocenters. The van der Waals surface area contributed by atoms with E-state index in [0.717, 1.165) is 31.2 Å². The smallest absolute Gasteiger partial charge is 0.243 e. The van der Waals surface area contributed by atoms with Crippen LogP contribution in [0.25, 0.3) is 0 Å². The van der Waals surface area contributed by atoms with Gasteiger partial charge in [-0.3, -0.25) is 0 Å². The van der Waals surface area contributed by atoms with Crippen molar-refractivity contribution in [2.75, 3.05) is 19.7 Å². The van der Waals surface area contributed by atoms with E-state index in [2.05, 4.69) is 0 Å². The fourth-order valence-corrected chi connectivity index (χ4v) is 3.91. The van der Waals surface area contributed by atoms with Crippen LogP contribution in [0.2, 0.25) is 0 Å². The second-order valence-corrected chi connectivity index (χ2v) is 6.87. The predicted molar refractivity (Wildman–Crippen MR) is 74.5 cm³/mol. The molecule has 1 aliphatic rings. The van der Waals surface area contributed by atoms with E-state index in [1.165, 1.54) is 0 Å². The zero-order valence-electron chi connectivity index (χ0n) is 11.1. The summed E-state index contributed by atoms with van der Waals surface area (Å²) in [5.41, 5.74) is 0.956. The molecule has 1 N–H and O–H groups in total. The summed E-state index contributed by atoms with van der Waals surface area (Å²) in [7, 11) is -3.35. The van der Waals surface area contributed by atoms with Crippen LogP contribution >= 0.6 is 0 Å². The van der Waals surface area contributed by atoms with E-state index in [1.54, 1.807) is 28.6 Å². The Hall–Kier alpha value is -0.910. The molecule has 1 aromatic carbocycles. The van der Waals surface area contributed by atoms with Crippen molar-refractivity contribution >= 4 is 10.0 Å². The molecule has 0 radical (unpaired) electrons. The SMILES string of the molecule is O=S(=O)(c1ccc(CCO)cc1)N1CCCCCC1. The molecule has 1 aliphatic heterocycles. The summed E-state index contributed by atoms with van der Waals surface area (Å²) in [5, 5.41) is 8.86. The van der Waals surface area contributed by atoms with Crippen LogP contribution in [-0.2, 0) is 16.4 Å². The van der Waals surface area contributed by atoms with Gasteiger partial charge in [-0.2, -0.15) is 4.31 Å². The van der Waals surface area contributed by atoms with Gasteiger partial charge in [0.15, 0.2) is 0 Å². The summed E-state index contributed by atoms with van der Waals surface area (Å²) in [6, 6.07) is 6.85. The Kier molecular flexibility index (Phi) is 4.96. The lowest BCUT2D eigenvalue weighted by atomic mass is 10.2. The predicted octanol–water partition coefficient (Wildman–Crippen LogP) is 1.79. The number of nitrogens with zero attached hydrogens (tertiary/aromatic N) is 1. The fraction of sp³-hybridized carbons (Fsp3) is 0.571. The van der Waals surface area contributed by atoms with Crippen LogP contribution in [0.3, 0.4) is 0 Å². The first-order valence-corrected chi connectivity index (χ1v) is 8.28. The minimum absolute atomic E-state index is 0.0816. The molecule has 0 aromatic heterocycles. The second kappa shape index (κ2) is 6.50. The van der Waals surface area contributed by atoms with Crippen molar-refractivity contribution in [3.05, 3.63) is 29.8 Å². The van der Waals surface area contributed by atoms with E-state index in [-0.39, 0.29) is 6.61 Å². The maximum Gasteiger partial charge on any atom is 0.243 e. The topological polar surface area (TPSA) is 57.6 Å². The van der Waals surface area contributed by atoms with Gasteiger partial charge in [-0.15, -0.1) is 0 Å². The van der Waals surface area contributed by atoms with Gasteiger partial charge in [-0.1, -0.05) is 25.0 Å². The third kappa shape index (κ3) is 3.55. The highest BCUT2D eigenvalue weighted by molar-refractivity contribution is 7.89. The zero-order chi connectivity index (χ0) is 13.7. The molecule has 2 rings (SSSR count). The summed E-state index contributed by atoms with van der Waals surface area (Å²) in [6.07, 6.45) is 4.68. The first kappa shape index (κ1) is 14.5. The first-order chi connectivity index (χ1) is 9.14. The molecule has 0 unspecified atom stereocenters. The maximum atomic E-state index is 12.5. The van der Waals surface area contributed by atoms with Crippen LogP contribution in [0, 0.1) is 0 Å². The van der Waals surface area contributed by atoms with Crippen molar-refractivity contribution in [1.29, 1.82) is 0 Å². The van der Waals surface area contributed by atoms with E-state index in [1.807, 2.05) is 0 Å². The lowest BCUT2D eigenvalue weighted by molar-refractivity contribution is 0.299. The molecule has 0 spiro atoms. The normalized spacial score (nSPS) is 18.2. The number of aliphatic hydroxyl groups excluding tert-OH is 1.